The van der Waals surface area contributed by atoms with Crippen molar-refractivity contribution >= 4 is 29.0 Å². The van der Waals surface area contributed by atoms with Gasteiger partial charge in [-0.25, -0.2) is 4.98 Å². The van der Waals surface area contributed by atoms with E-state index in [-0.39, 0.29) is 11.2 Å². The van der Waals surface area contributed by atoms with Gasteiger partial charge in [-0.1, -0.05) is 23.9 Å². The van der Waals surface area contributed by atoms with Crippen LogP contribution in [-0.4, -0.2) is 34.8 Å². The fraction of sp³-hybridized carbons (Fsp3) is 0.238. The van der Waals surface area contributed by atoms with E-state index in [4.69, 9.17) is 0 Å². The molecule has 0 bridgehead atoms. The summed E-state index contributed by atoms with van der Waals surface area (Å²) in [5.74, 6) is -0.0450. The second-order valence-electron chi connectivity index (χ2n) is 6.61. The lowest BCUT2D eigenvalue weighted by Crippen LogP contribution is -2.22. The number of carbonyl (C=O) groups is 1. The van der Waals surface area contributed by atoms with Gasteiger partial charge in [-0.2, -0.15) is 0 Å². The molecule has 5 nitrogen and oxygen atoms in total. The molecule has 0 spiro atoms. The van der Waals surface area contributed by atoms with Crippen molar-refractivity contribution in [2.75, 3.05) is 24.3 Å². The third-order valence-corrected chi connectivity index (χ3v) is 5.27. The monoisotopic (exact) mass is 380 g/mol. The van der Waals surface area contributed by atoms with Gasteiger partial charge >= 0.3 is 0 Å². The van der Waals surface area contributed by atoms with Gasteiger partial charge in [-0.3, -0.25) is 9.36 Å². The fourth-order valence-corrected chi connectivity index (χ4v) is 3.53. The Morgan fingerprint density at radius 3 is 2.59 bits per heavy atom. The number of imidazole rings is 1. The summed E-state index contributed by atoms with van der Waals surface area (Å²) in [6, 6.07) is 16.0. The van der Waals surface area contributed by atoms with Crippen LogP contribution in [0.1, 0.15) is 12.5 Å². The van der Waals surface area contributed by atoms with Gasteiger partial charge < -0.3 is 10.2 Å². The summed E-state index contributed by atoms with van der Waals surface area (Å²) in [4.78, 5) is 19.0. The largest absolute Gasteiger partial charge is 0.378 e. The predicted octanol–water partition coefficient (Wildman–Crippen LogP) is 4.37. The maximum atomic E-state index is 12.6. The van der Waals surface area contributed by atoms with Crippen molar-refractivity contribution in [1.82, 2.24) is 9.55 Å². The van der Waals surface area contributed by atoms with Crippen LogP contribution < -0.4 is 10.2 Å². The molecule has 140 valence electrons. The van der Waals surface area contributed by atoms with Crippen molar-refractivity contribution < 1.29 is 4.79 Å². The van der Waals surface area contributed by atoms with Crippen LogP contribution in [0.5, 0.6) is 0 Å². The molecular formula is C21H24N4OS. The van der Waals surface area contributed by atoms with Crippen LogP contribution in [0.25, 0.3) is 5.69 Å². The van der Waals surface area contributed by atoms with E-state index in [1.54, 1.807) is 6.20 Å². The average molecular weight is 381 g/mol. The van der Waals surface area contributed by atoms with E-state index < -0.39 is 0 Å². The number of nitrogens with one attached hydrogen (secondary N) is 1. The zero-order valence-corrected chi connectivity index (χ0v) is 16.8. The van der Waals surface area contributed by atoms with Gasteiger partial charge in [-0.15, -0.1) is 0 Å². The van der Waals surface area contributed by atoms with Gasteiger partial charge in [0.05, 0.1) is 5.25 Å². The number of aryl methyl sites for hydroxylation is 1. The Morgan fingerprint density at radius 1 is 1.19 bits per heavy atom. The van der Waals surface area contributed by atoms with Crippen LogP contribution >= 0.6 is 11.8 Å². The first-order valence-electron chi connectivity index (χ1n) is 8.79. The number of hydrogen-bond acceptors (Lipinski definition) is 4. The molecule has 0 saturated heterocycles. The third-order valence-electron chi connectivity index (χ3n) is 4.19. The Bertz CT molecular complexity index is 918. The predicted molar refractivity (Wildman–Crippen MR) is 113 cm³/mol. The lowest BCUT2D eigenvalue weighted by Gasteiger charge is -2.15. The minimum absolute atomic E-state index is 0.0450. The van der Waals surface area contributed by atoms with Crippen molar-refractivity contribution in [3.05, 3.63) is 66.5 Å². The minimum atomic E-state index is -0.274. The number of carbonyl (C=O) groups excluding carboxylic acids is 1. The normalized spacial score (nSPS) is 11.9. The quantitative estimate of drug-likeness (QED) is 0.645. The van der Waals surface area contributed by atoms with Gasteiger partial charge in [-0.05, 0) is 55.8 Å². The summed E-state index contributed by atoms with van der Waals surface area (Å²) < 4.78 is 2.01. The van der Waals surface area contributed by atoms with Crippen molar-refractivity contribution in [2.24, 2.45) is 0 Å². The van der Waals surface area contributed by atoms with Crippen LogP contribution in [0.15, 0.2) is 66.1 Å². The highest BCUT2D eigenvalue weighted by Gasteiger charge is 2.18. The fourth-order valence-electron chi connectivity index (χ4n) is 2.65. The molecule has 3 rings (SSSR count). The molecule has 6 heteroatoms. The van der Waals surface area contributed by atoms with Crippen LogP contribution in [0.3, 0.4) is 0 Å². The molecule has 1 atom stereocenters. The third kappa shape index (κ3) is 4.71. The Kier molecular flexibility index (Phi) is 5.86. The van der Waals surface area contributed by atoms with Crippen LogP contribution in [-0.2, 0) is 4.79 Å². The SMILES string of the molecule is Cc1cccc(-n2ccnc2SC(C)C(=O)Nc2ccc(N(C)C)cc2)c1. The molecule has 0 fully saturated rings. The molecular weight excluding hydrogens is 356 g/mol. The first-order chi connectivity index (χ1) is 12.9. The zero-order chi connectivity index (χ0) is 19.4. The van der Waals surface area contributed by atoms with E-state index in [0.717, 1.165) is 22.2 Å². The van der Waals surface area contributed by atoms with Crippen LogP contribution in [0.4, 0.5) is 11.4 Å². The number of thioether (sulfide) groups is 1. The number of amides is 1. The molecule has 3 aromatic rings. The maximum Gasteiger partial charge on any atom is 0.237 e. The molecule has 27 heavy (non-hydrogen) atoms. The summed E-state index contributed by atoms with van der Waals surface area (Å²) in [6.07, 6.45) is 3.68. The Balaban J connectivity index is 1.68. The summed E-state index contributed by atoms with van der Waals surface area (Å²) in [5, 5.41) is 3.50. The molecule has 0 radical (unpaired) electrons. The molecule has 1 heterocycles. The minimum Gasteiger partial charge on any atom is -0.378 e. The van der Waals surface area contributed by atoms with E-state index in [2.05, 4.69) is 29.4 Å². The molecule has 0 aliphatic rings. The summed E-state index contributed by atoms with van der Waals surface area (Å²) in [7, 11) is 3.98. The van der Waals surface area contributed by atoms with Gasteiger partial charge in [0.1, 0.15) is 0 Å². The molecule has 1 aromatic heterocycles. The van der Waals surface area contributed by atoms with Crippen molar-refractivity contribution in [1.29, 1.82) is 0 Å². The summed E-state index contributed by atoms with van der Waals surface area (Å²) >= 11 is 1.44. The smallest absolute Gasteiger partial charge is 0.237 e. The highest BCUT2D eigenvalue weighted by atomic mass is 32.2. The second-order valence-corrected chi connectivity index (χ2v) is 7.92. The standard InChI is InChI=1S/C21H24N4OS/c1-15-6-5-7-19(14-15)25-13-12-22-21(25)27-16(2)20(26)23-17-8-10-18(11-9-17)24(3)4/h5-14,16H,1-4H3,(H,23,26). The van der Waals surface area contributed by atoms with Crippen molar-refractivity contribution in [2.45, 2.75) is 24.3 Å². The Morgan fingerprint density at radius 2 is 1.93 bits per heavy atom. The van der Waals surface area contributed by atoms with E-state index in [1.807, 2.05) is 73.1 Å². The molecule has 1 unspecified atom stereocenters. The van der Waals surface area contributed by atoms with Gasteiger partial charge in [0.2, 0.25) is 5.91 Å². The lowest BCUT2D eigenvalue weighted by molar-refractivity contribution is -0.115. The zero-order valence-electron chi connectivity index (χ0n) is 16.0. The number of rotatable bonds is 6. The Hall–Kier alpha value is -2.73. The first-order valence-corrected chi connectivity index (χ1v) is 9.67. The van der Waals surface area contributed by atoms with Crippen molar-refractivity contribution in [3.63, 3.8) is 0 Å². The molecule has 0 saturated carbocycles. The van der Waals surface area contributed by atoms with Crippen LogP contribution in [0, 0.1) is 6.92 Å². The molecule has 1 amide bonds. The van der Waals surface area contributed by atoms with E-state index >= 15 is 0 Å². The second kappa shape index (κ2) is 8.31. The number of aromatic nitrogens is 2. The van der Waals surface area contributed by atoms with E-state index in [9.17, 15) is 4.79 Å². The highest BCUT2D eigenvalue weighted by molar-refractivity contribution is 8.00. The molecule has 0 aliphatic heterocycles. The average Bonchev–Trinajstić information content (AvgIpc) is 3.10. The van der Waals surface area contributed by atoms with Gasteiger partial charge in [0.15, 0.2) is 5.16 Å². The topological polar surface area (TPSA) is 50.2 Å². The Labute approximate surface area is 164 Å². The van der Waals surface area contributed by atoms with Crippen molar-refractivity contribution in [3.8, 4) is 5.69 Å². The maximum absolute atomic E-state index is 12.6. The summed E-state index contributed by atoms with van der Waals surface area (Å²) in [5.41, 5.74) is 4.11. The molecule has 2 aromatic carbocycles. The molecule has 1 N–H and O–H groups in total. The lowest BCUT2D eigenvalue weighted by atomic mass is 10.2. The van der Waals surface area contributed by atoms with Crippen LogP contribution in [0.2, 0.25) is 0 Å². The number of anilines is 2. The first kappa shape index (κ1) is 19.0. The molecule has 0 aliphatic carbocycles. The van der Waals surface area contributed by atoms with E-state index in [1.165, 1.54) is 17.3 Å². The van der Waals surface area contributed by atoms with Gasteiger partial charge in [0, 0.05) is 43.6 Å². The highest BCUT2D eigenvalue weighted by Crippen LogP contribution is 2.26. The van der Waals surface area contributed by atoms with Gasteiger partial charge in [0.25, 0.3) is 0 Å². The summed E-state index contributed by atoms with van der Waals surface area (Å²) in [6.45, 7) is 3.95. The number of benzene rings is 2. The number of hydrogen-bond donors (Lipinski definition) is 1. The number of nitrogens with zero attached hydrogens (tertiary/aromatic N) is 3. The van der Waals surface area contributed by atoms with E-state index in [0.29, 0.717) is 0 Å².